The molecule has 1 aliphatic heterocycles. The second-order valence-electron chi connectivity index (χ2n) is 4.61. The number of hydrogen-bond donors (Lipinski definition) is 1. The lowest BCUT2D eigenvalue weighted by Crippen LogP contribution is -2.10. The molecule has 1 N–H and O–H groups in total. The minimum Gasteiger partial charge on any atom is -0.464 e. The van der Waals surface area contributed by atoms with Gasteiger partial charge in [0.15, 0.2) is 0 Å². The molecular formula is C14H16N2O. The summed E-state index contributed by atoms with van der Waals surface area (Å²) in [6.45, 7) is 5.79. The SMILES string of the molecule is C=COc1cncc(C2=CC[C@H]3CNC[C@@H]23)c1. The van der Waals surface area contributed by atoms with Crippen LogP contribution in [0.4, 0.5) is 0 Å². The molecule has 3 heteroatoms. The molecule has 3 nitrogen and oxygen atoms in total. The highest BCUT2D eigenvalue weighted by Crippen LogP contribution is 2.40. The molecule has 0 aromatic carbocycles. The standard InChI is InChI=1S/C14H16N2O/c1-2-17-12-5-11(7-15-8-12)13-4-3-10-6-16-9-14(10)13/h2,4-5,7-8,10,14,16H,1,3,6,9H2/t10-,14+/m0/s1. The Balaban J connectivity index is 1.88. The molecule has 2 heterocycles. The summed E-state index contributed by atoms with van der Waals surface area (Å²) in [5.41, 5.74) is 2.60. The van der Waals surface area contributed by atoms with Gasteiger partial charge >= 0.3 is 0 Å². The zero-order chi connectivity index (χ0) is 11.7. The summed E-state index contributed by atoms with van der Waals surface area (Å²) in [5.74, 6) is 2.18. The van der Waals surface area contributed by atoms with Crippen molar-refractivity contribution < 1.29 is 4.74 Å². The van der Waals surface area contributed by atoms with Crippen LogP contribution in [0.15, 0.2) is 37.4 Å². The minimum absolute atomic E-state index is 0.649. The van der Waals surface area contributed by atoms with Gasteiger partial charge in [0.2, 0.25) is 0 Å². The third-order valence-electron chi connectivity index (χ3n) is 3.65. The molecule has 88 valence electrons. The maximum atomic E-state index is 5.28. The van der Waals surface area contributed by atoms with E-state index in [0.717, 1.165) is 24.8 Å². The van der Waals surface area contributed by atoms with Gasteiger partial charge in [0.25, 0.3) is 0 Å². The fraction of sp³-hybridized carbons (Fsp3) is 0.357. The number of aromatic nitrogens is 1. The van der Waals surface area contributed by atoms with E-state index in [-0.39, 0.29) is 0 Å². The second kappa shape index (κ2) is 4.34. The lowest BCUT2D eigenvalue weighted by atomic mass is 9.91. The van der Waals surface area contributed by atoms with Crippen molar-refractivity contribution in [3.63, 3.8) is 0 Å². The molecule has 0 bridgehead atoms. The van der Waals surface area contributed by atoms with Crippen molar-refractivity contribution in [2.45, 2.75) is 6.42 Å². The number of nitrogens with one attached hydrogen (secondary N) is 1. The Hall–Kier alpha value is -1.61. The Kier molecular flexibility index (Phi) is 2.69. The number of fused-ring (bicyclic) bond motifs is 1. The van der Waals surface area contributed by atoms with Crippen molar-refractivity contribution in [2.24, 2.45) is 11.8 Å². The topological polar surface area (TPSA) is 34.1 Å². The monoisotopic (exact) mass is 228 g/mol. The zero-order valence-corrected chi connectivity index (χ0v) is 9.73. The largest absolute Gasteiger partial charge is 0.464 e. The van der Waals surface area contributed by atoms with E-state index >= 15 is 0 Å². The second-order valence-corrected chi connectivity index (χ2v) is 4.61. The van der Waals surface area contributed by atoms with E-state index in [1.165, 1.54) is 23.8 Å². The van der Waals surface area contributed by atoms with Crippen molar-refractivity contribution in [3.05, 3.63) is 42.9 Å². The highest BCUT2D eigenvalue weighted by Gasteiger charge is 2.34. The highest BCUT2D eigenvalue weighted by atomic mass is 16.5. The van der Waals surface area contributed by atoms with Crippen LogP contribution >= 0.6 is 0 Å². The van der Waals surface area contributed by atoms with Gasteiger partial charge in [-0.1, -0.05) is 12.7 Å². The normalized spacial score (nSPS) is 26.5. The third-order valence-corrected chi connectivity index (χ3v) is 3.65. The van der Waals surface area contributed by atoms with Crippen molar-refractivity contribution in [2.75, 3.05) is 13.1 Å². The van der Waals surface area contributed by atoms with Crippen LogP contribution in [0.3, 0.4) is 0 Å². The average molecular weight is 228 g/mol. The van der Waals surface area contributed by atoms with Crippen molar-refractivity contribution >= 4 is 5.57 Å². The fourth-order valence-corrected chi connectivity index (χ4v) is 2.84. The smallest absolute Gasteiger partial charge is 0.145 e. The number of nitrogens with zero attached hydrogens (tertiary/aromatic N) is 1. The van der Waals surface area contributed by atoms with Crippen LogP contribution in [0.1, 0.15) is 12.0 Å². The Labute approximate surface area is 101 Å². The van der Waals surface area contributed by atoms with E-state index < -0.39 is 0 Å². The van der Waals surface area contributed by atoms with Crippen LogP contribution in [0.5, 0.6) is 5.75 Å². The molecule has 0 radical (unpaired) electrons. The van der Waals surface area contributed by atoms with E-state index in [4.69, 9.17) is 4.74 Å². The van der Waals surface area contributed by atoms with Gasteiger partial charge in [-0.2, -0.15) is 0 Å². The Morgan fingerprint density at radius 3 is 3.24 bits per heavy atom. The van der Waals surface area contributed by atoms with Crippen LogP contribution in [0.2, 0.25) is 0 Å². The summed E-state index contributed by atoms with van der Waals surface area (Å²) < 4.78 is 5.28. The van der Waals surface area contributed by atoms with Gasteiger partial charge in [-0.05, 0) is 36.1 Å². The summed E-state index contributed by atoms with van der Waals surface area (Å²) in [7, 11) is 0. The molecule has 0 amide bonds. The average Bonchev–Trinajstić information content (AvgIpc) is 2.91. The lowest BCUT2D eigenvalue weighted by Gasteiger charge is -2.13. The van der Waals surface area contributed by atoms with Gasteiger partial charge in [-0.3, -0.25) is 4.98 Å². The Bertz CT molecular complexity index is 467. The number of rotatable bonds is 3. The molecule has 0 unspecified atom stereocenters. The molecule has 1 aromatic rings. The van der Waals surface area contributed by atoms with Gasteiger partial charge < -0.3 is 10.1 Å². The van der Waals surface area contributed by atoms with Gasteiger partial charge in [-0.25, -0.2) is 0 Å². The maximum absolute atomic E-state index is 5.28. The first kappa shape index (κ1) is 10.5. The summed E-state index contributed by atoms with van der Waals surface area (Å²) in [4.78, 5) is 4.23. The number of ether oxygens (including phenoxy) is 1. The van der Waals surface area contributed by atoms with Gasteiger partial charge in [0, 0.05) is 18.7 Å². The minimum atomic E-state index is 0.649. The summed E-state index contributed by atoms with van der Waals surface area (Å²) in [6, 6.07) is 2.04. The predicted octanol–water partition coefficient (Wildman–Crippen LogP) is 2.23. The first-order valence-electron chi connectivity index (χ1n) is 6.02. The van der Waals surface area contributed by atoms with Gasteiger partial charge in [0.05, 0.1) is 12.5 Å². The summed E-state index contributed by atoms with van der Waals surface area (Å²) in [5, 5.41) is 3.46. The summed E-state index contributed by atoms with van der Waals surface area (Å²) in [6.07, 6.45) is 8.60. The molecule has 2 atom stereocenters. The molecule has 0 spiro atoms. The quantitative estimate of drug-likeness (QED) is 0.805. The molecular weight excluding hydrogens is 212 g/mol. The van der Waals surface area contributed by atoms with E-state index in [0.29, 0.717) is 5.92 Å². The molecule has 0 saturated carbocycles. The molecule has 3 rings (SSSR count). The Morgan fingerprint density at radius 1 is 1.41 bits per heavy atom. The van der Waals surface area contributed by atoms with E-state index in [2.05, 4.69) is 23.0 Å². The number of pyridine rings is 1. The van der Waals surface area contributed by atoms with Crippen LogP contribution < -0.4 is 10.1 Å². The fourth-order valence-electron chi connectivity index (χ4n) is 2.84. The molecule has 1 fully saturated rings. The first-order chi connectivity index (χ1) is 8.38. The lowest BCUT2D eigenvalue weighted by molar-refractivity contribution is 0.480. The van der Waals surface area contributed by atoms with E-state index in [9.17, 15) is 0 Å². The van der Waals surface area contributed by atoms with Crippen LogP contribution in [-0.4, -0.2) is 18.1 Å². The maximum Gasteiger partial charge on any atom is 0.145 e. The zero-order valence-electron chi connectivity index (χ0n) is 9.73. The van der Waals surface area contributed by atoms with Crippen LogP contribution in [0, 0.1) is 11.8 Å². The molecule has 2 aliphatic rings. The first-order valence-corrected chi connectivity index (χ1v) is 6.02. The Morgan fingerprint density at radius 2 is 2.35 bits per heavy atom. The van der Waals surface area contributed by atoms with Crippen molar-refractivity contribution in [1.82, 2.24) is 10.3 Å². The van der Waals surface area contributed by atoms with Crippen molar-refractivity contribution in [1.29, 1.82) is 0 Å². The number of allylic oxidation sites excluding steroid dienone is 1. The molecule has 1 aromatic heterocycles. The van der Waals surface area contributed by atoms with Gasteiger partial charge in [-0.15, -0.1) is 0 Å². The predicted molar refractivity (Wildman–Crippen MR) is 67.5 cm³/mol. The number of hydrogen-bond acceptors (Lipinski definition) is 3. The summed E-state index contributed by atoms with van der Waals surface area (Å²) >= 11 is 0. The molecule has 1 aliphatic carbocycles. The molecule has 1 saturated heterocycles. The third kappa shape index (κ3) is 1.87. The van der Waals surface area contributed by atoms with E-state index in [1.54, 1.807) is 6.20 Å². The van der Waals surface area contributed by atoms with Crippen molar-refractivity contribution in [3.8, 4) is 5.75 Å². The van der Waals surface area contributed by atoms with E-state index in [1.807, 2.05) is 12.3 Å². The van der Waals surface area contributed by atoms with Crippen LogP contribution in [-0.2, 0) is 0 Å². The van der Waals surface area contributed by atoms with Crippen LogP contribution in [0.25, 0.3) is 5.57 Å². The van der Waals surface area contributed by atoms with Gasteiger partial charge in [0.1, 0.15) is 5.75 Å². The molecule has 17 heavy (non-hydrogen) atoms. The highest BCUT2D eigenvalue weighted by molar-refractivity contribution is 5.70.